The van der Waals surface area contributed by atoms with Gasteiger partial charge in [-0.3, -0.25) is 14.6 Å². The quantitative estimate of drug-likeness (QED) is 0.763. The zero-order valence-corrected chi connectivity index (χ0v) is 12.3. The van der Waals surface area contributed by atoms with Crippen LogP contribution >= 0.6 is 0 Å². The lowest BCUT2D eigenvalue weighted by Crippen LogP contribution is -2.61. The van der Waals surface area contributed by atoms with E-state index in [1.165, 1.54) is 0 Å². The summed E-state index contributed by atoms with van der Waals surface area (Å²) in [6.07, 6.45) is 3.61. The molecule has 4 N–H and O–H groups in total. The van der Waals surface area contributed by atoms with Crippen LogP contribution in [0, 0.1) is 0 Å². The van der Waals surface area contributed by atoms with Gasteiger partial charge in [-0.2, -0.15) is 0 Å². The Morgan fingerprint density at radius 1 is 1.42 bits per heavy atom. The summed E-state index contributed by atoms with van der Waals surface area (Å²) >= 11 is 0. The van der Waals surface area contributed by atoms with Gasteiger partial charge in [-0.15, -0.1) is 0 Å². The maximum atomic E-state index is 11.5. The Kier molecular flexibility index (Phi) is 4.48. The van der Waals surface area contributed by atoms with Crippen LogP contribution in [0.15, 0.2) is 0 Å². The average Bonchev–Trinajstić information content (AvgIpc) is 2.38. The smallest absolute Gasteiger partial charge is 0.237 e. The number of nitrogens with two attached hydrogens (primary N) is 2. The molecule has 5 heteroatoms. The number of carbonyl (C=O) groups excluding carboxylic acids is 1. The minimum absolute atomic E-state index is 0.336. The zero-order chi connectivity index (χ0) is 14.0. The number of hydrogen-bond donors (Lipinski definition) is 2. The number of amides is 1. The number of likely N-dealkylation sites (N-methyl/N-ethyl adjacent to an activating group) is 1. The monoisotopic (exact) mass is 268 g/mol. The minimum atomic E-state index is -0.784. The SMILES string of the molecule is CCN1CCN(C2CCCC(N)(C(N)=O)C2)CC1C. The fraction of sp³-hybridized carbons (Fsp3) is 0.929. The molecule has 3 unspecified atom stereocenters. The molecule has 0 aromatic carbocycles. The summed E-state index contributed by atoms with van der Waals surface area (Å²) in [6.45, 7) is 8.88. The van der Waals surface area contributed by atoms with E-state index in [-0.39, 0.29) is 5.91 Å². The highest BCUT2D eigenvalue weighted by Crippen LogP contribution is 2.30. The van der Waals surface area contributed by atoms with Crippen molar-refractivity contribution in [1.29, 1.82) is 0 Å². The second-order valence-electron chi connectivity index (χ2n) is 6.24. The van der Waals surface area contributed by atoms with Crippen LogP contribution in [0.4, 0.5) is 0 Å². The first kappa shape index (κ1) is 14.8. The molecule has 0 aromatic heterocycles. The van der Waals surface area contributed by atoms with Gasteiger partial charge in [0, 0.05) is 31.7 Å². The molecule has 1 aliphatic carbocycles. The Bertz CT molecular complexity index is 335. The molecule has 1 saturated carbocycles. The minimum Gasteiger partial charge on any atom is -0.368 e. The van der Waals surface area contributed by atoms with Crippen LogP contribution in [-0.2, 0) is 4.79 Å². The van der Waals surface area contributed by atoms with Gasteiger partial charge in [0.25, 0.3) is 0 Å². The second kappa shape index (κ2) is 5.77. The average molecular weight is 268 g/mol. The summed E-state index contributed by atoms with van der Waals surface area (Å²) in [5.41, 5.74) is 10.9. The summed E-state index contributed by atoms with van der Waals surface area (Å²) < 4.78 is 0. The van der Waals surface area contributed by atoms with E-state index in [9.17, 15) is 4.79 Å². The normalized spacial score (nSPS) is 38.3. The van der Waals surface area contributed by atoms with E-state index in [0.29, 0.717) is 12.1 Å². The van der Waals surface area contributed by atoms with Crippen molar-refractivity contribution in [1.82, 2.24) is 9.80 Å². The Balaban J connectivity index is 1.97. The second-order valence-corrected chi connectivity index (χ2v) is 6.24. The van der Waals surface area contributed by atoms with Crippen molar-refractivity contribution in [3.05, 3.63) is 0 Å². The number of primary amides is 1. The fourth-order valence-electron chi connectivity index (χ4n) is 3.64. The molecule has 1 aliphatic heterocycles. The molecule has 2 fully saturated rings. The van der Waals surface area contributed by atoms with Gasteiger partial charge >= 0.3 is 0 Å². The van der Waals surface area contributed by atoms with Crippen molar-refractivity contribution >= 4 is 5.91 Å². The molecule has 1 saturated heterocycles. The van der Waals surface area contributed by atoms with Crippen molar-refractivity contribution in [2.45, 2.75) is 57.2 Å². The molecule has 1 heterocycles. The summed E-state index contributed by atoms with van der Waals surface area (Å²) in [7, 11) is 0. The molecule has 2 rings (SSSR count). The van der Waals surface area contributed by atoms with Crippen molar-refractivity contribution < 1.29 is 4.79 Å². The first-order chi connectivity index (χ1) is 8.96. The lowest BCUT2D eigenvalue weighted by molar-refractivity contribution is -0.125. The molecule has 0 bridgehead atoms. The maximum absolute atomic E-state index is 11.5. The predicted octanol–water partition coefficient (Wildman–Crippen LogP) is 0.138. The van der Waals surface area contributed by atoms with E-state index in [2.05, 4.69) is 23.6 Å². The van der Waals surface area contributed by atoms with Crippen LogP contribution in [0.1, 0.15) is 39.5 Å². The summed E-state index contributed by atoms with van der Waals surface area (Å²) in [6, 6.07) is 1.01. The van der Waals surface area contributed by atoms with Crippen LogP contribution in [0.2, 0.25) is 0 Å². The topological polar surface area (TPSA) is 75.6 Å². The molecular formula is C14H28N4O. The van der Waals surface area contributed by atoms with E-state index in [4.69, 9.17) is 11.5 Å². The molecule has 19 heavy (non-hydrogen) atoms. The molecule has 0 aromatic rings. The van der Waals surface area contributed by atoms with Gasteiger partial charge in [-0.05, 0) is 39.2 Å². The van der Waals surface area contributed by atoms with Gasteiger partial charge in [-0.1, -0.05) is 6.92 Å². The molecule has 0 radical (unpaired) electrons. The van der Waals surface area contributed by atoms with Gasteiger partial charge < -0.3 is 11.5 Å². The van der Waals surface area contributed by atoms with Crippen LogP contribution in [0.3, 0.4) is 0 Å². The summed E-state index contributed by atoms with van der Waals surface area (Å²) in [5.74, 6) is -0.336. The van der Waals surface area contributed by atoms with Crippen molar-refractivity contribution in [3.63, 3.8) is 0 Å². The van der Waals surface area contributed by atoms with E-state index >= 15 is 0 Å². The summed E-state index contributed by atoms with van der Waals surface area (Å²) in [5, 5.41) is 0. The van der Waals surface area contributed by atoms with Crippen molar-refractivity contribution in [2.75, 3.05) is 26.2 Å². The van der Waals surface area contributed by atoms with Crippen LogP contribution in [-0.4, -0.2) is 59.5 Å². The predicted molar refractivity (Wildman–Crippen MR) is 76.7 cm³/mol. The number of carbonyl (C=O) groups is 1. The first-order valence-corrected chi connectivity index (χ1v) is 7.53. The lowest BCUT2D eigenvalue weighted by Gasteiger charge is -2.46. The largest absolute Gasteiger partial charge is 0.368 e. The number of nitrogens with zero attached hydrogens (tertiary/aromatic N) is 2. The maximum Gasteiger partial charge on any atom is 0.237 e. The first-order valence-electron chi connectivity index (χ1n) is 7.53. The van der Waals surface area contributed by atoms with Crippen LogP contribution < -0.4 is 11.5 Å². The highest BCUT2D eigenvalue weighted by molar-refractivity contribution is 5.84. The van der Waals surface area contributed by atoms with Gasteiger partial charge in [0.15, 0.2) is 0 Å². The third kappa shape index (κ3) is 3.09. The van der Waals surface area contributed by atoms with Gasteiger partial charge in [0.05, 0.1) is 5.54 Å². The molecule has 1 amide bonds. The van der Waals surface area contributed by atoms with E-state index < -0.39 is 5.54 Å². The van der Waals surface area contributed by atoms with E-state index in [0.717, 1.165) is 51.9 Å². The van der Waals surface area contributed by atoms with E-state index in [1.54, 1.807) is 0 Å². The fourth-order valence-corrected chi connectivity index (χ4v) is 3.64. The molecule has 110 valence electrons. The van der Waals surface area contributed by atoms with Crippen molar-refractivity contribution in [3.8, 4) is 0 Å². The third-order valence-electron chi connectivity index (χ3n) is 4.97. The van der Waals surface area contributed by atoms with Crippen LogP contribution in [0.25, 0.3) is 0 Å². The Hall–Kier alpha value is -0.650. The Labute approximate surface area is 116 Å². The number of hydrogen-bond acceptors (Lipinski definition) is 4. The highest BCUT2D eigenvalue weighted by Gasteiger charge is 2.40. The number of rotatable bonds is 3. The third-order valence-corrected chi connectivity index (χ3v) is 4.97. The molecule has 2 aliphatic rings. The molecule has 5 nitrogen and oxygen atoms in total. The lowest BCUT2D eigenvalue weighted by atomic mass is 9.78. The highest BCUT2D eigenvalue weighted by atomic mass is 16.1. The molecule has 3 atom stereocenters. The van der Waals surface area contributed by atoms with Gasteiger partial charge in [0.2, 0.25) is 5.91 Å². The van der Waals surface area contributed by atoms with Gasteiger partial charge in [0.1, 0.15) is 0 Å². The van der Waals surface area contributed by atoms with Crippen molar-refractivity contribution in [2.24, 2.45) is 11.5 Å². The molecule has 0 spiro atoms. The Morgan fingerprint density at radius 3 is 2.74 bits per heavy atom. The zero-order valence-electron chi connectivity index (χ0n) is 12.3. The van der Waals surface area contributed by atoms with Crippen LogP contribution in [0.5, 0.6) is 0 Å². The number of piperazine rings is 1. The van der Waals surface area contributed by atoms with Gasteiger partial charge in [-0.25, -0.2) is 0 Å². The standard InChI is InChI=1S/C14H28N4O/c1-3-17-7-8-18(10-11(17)2)12-5-4-6-14(16,9-12)13(15)19/h11-12H,3-10,16H2,1-2H3,(H2,15,19). The summed E-state index contributed by atoms with van der Waals surface area (Å²) in [4.78, 5) is 16.6. The molecular weight excluding hydrogens is 240 g/mol. The van der Waals surface area contributed by atoms with E-state index in [1.807, 2.05) is 0 Å². The Morgan fingerprint density at radius 2 is 2.16 bits per heavy atom.